The predicted molar refractivity (Wildman–Crippen MR) is 129 cm³/mol. The van der Waals surface area contributed by atoms with Crippen LogP contribution in [0.3, 0.4) is 0 Å². The fourth-order valence-electron chi connectivity index (χ4n) is 4.16. The van der Waals surface area contributed by atoms with Crippen molar-refractivity contribution in [3.63, 3.8) is 0 Å². The van der Waals surface area contributed by atoms with Gasteiger partial charge in [0.05, 0.1) is 35.8 Å². The zero-order valence-electron chi connectivity index (χ0n) is 19.3. The number of rotatable bonds is 6. The number of fused-ring (bicyclic) bond motifs is 1. The fourth-order valence-corrected chi connectivity index (χ4v) is 5.05. The molecule has 1 aromatic heterocycles. The van der Waals surface area contributed by atoms with Gasteiger partial charge in [-0.1, -0.05) is 18.2 Å². The third-order valence-electron chi connectivity index (χ3n) is 5.91. The Hall–Kier alpha value is -2.95. The van der Waals surface area contributed by atoms with Crippen LogP contribution in [0.15, 0.2) is 46.1 Å². The second-order valence-electron chi connectivity index (χ2n) is 8.20. The molecule has 1 fully saturated rings. The molecule has 1 saturated heterocycles. The molecule has 0 spiro atoms. The molecule has 1 aliphatic rings. The Labute approximate surface area is 193 Å². The van der Waals surface area contributed by atoms with Crippen molar-refractivity contribution in [2.45, 2.75) is 24.8 Å². The van der Waals surface area contributed by atoms with Crippen LogP contribution in [-0.2, 0) is 21.8 Å². The molecule has 0 unspecified atom stereocenters. The Morgan fingerprint density at radius 1 is 1.15 bits per heavy atom. The van der Waals surface area contributed by atoms with Gasteiger partial charge >= 0.3 is 0 Å². The SMILES string of the molecule is CNS(=O)(=O)c1ccccc1N[C@H](C)c1cc(C)cc2c(=O)n(C)c(N3CCOCC3)nc12. The maximum Gasteiger partial charge on any atom is 0.262 e. The highest BCUT2D eigenvalue weighted by molar-refractivity contribution is 7.89. The molecule has 9 nitrogen and oxygen atoms in total. The minimum atomic E-state index is -3.64. The van der Waals surface area contributed by atoms with E-state index in [0.29, 0.717) is 48.8 Å². The number of morpholine rings is 1. The summed E-state index contributed by atoms with van der Waals surface area (Å²) in [5.74, 6) is 0.603. The van der Waals surface area contributed by atoms with Crippen molar-refractivity contribution in [2.75, 3.05) is 43.6 Å². The Balaban J connectivity index is 1.83. The van der Waals surface area contributed by atoms with E-state index in [1.807, 2.05) is 26.0 Å². The largest absolute Gasteiger partial charge is 0.378 e. The average Bonchev–Trinajstić information content (AvgIpc) is 2.82. The van der Waals surface area contributed by atoms with Gasteiger partial charge in [-0.15, -0.1) is 0 Å². The number of benzene rings is 2. The fraction of sp³-hybridized carbons (Fsp3) is 0.391. The minimum absolute atomic E-state index is 0.114. The van der Waals surface area contributed by atoms with Crippen molar-refractivity contribution in [1.82, 2.24) is 14.3 Å². The molecule has 0 radical (unpaired) electrons. The molecule has 4 rings (SSSR count). The van der Waals surface area contributed by atoms with E-state index in [-0.39, 0.29) is 16.5 Å². The molecular formula is C23H29N5O4S. The summed E-state index contributed by atoms with van der Waals surface area (Å²) in [6.45, 7) is 6.37. The van der Waals surface area contributed by atoms with E-state index in [9.17, 15) is 13.2 Å². The van der Waals surface area contributed by atoms with Crippen molar-refractivity contribution < 1.29 is 13.2 Å². The van der Waals surface area contributed by atoms with Gasteiger partial charge in [-0.25, -0.2) is 18.1 Å². The van der Waals surface area contributed by atoms with E-state index in [1.165, 1.54) is 7.05 Å². The summed E-state index contributed by atoms with van der Waals surface area (Å²) < 4.78 is 34.4. The second kappa shape index (κ2) is 9.12. The molecule has 33 heavy (non-hydrogen) atoms. The molecule has 3 aromatic rings. The Morgan fingerprint density at radius 2 is 1.85 bits per heavy atom. The lowest BCUT2D eigenvalue weighted by Gasteiger charge is -2.29. The third kappa shape index (κ3) is 4.46. The third-order valence-corrected chi connectivity index (χ3v) is 7.38. The lowest BCUT2D eigenvalue weighted by atomic mass is 10.0. The first-order valence-electron chi connectivity index (χ1n) is 10.9. The number of sulfonamides is 1. The molecule has 0 saturated carbocycles. The molecule has 0 aliphatic carbocycles. The van der Waals surface area contributed by atoms with E-state index < -0.39 is 10.0 Å². The Morgan fingerprint density at radius 3 is 2.55 bits per heavy atom. The van der Waals surface area contributed by atoms with E-state index in [2.05, 4.69) is 14.9 Å². The minimum Gasteiger partial charge on any atom is -0.378 e. The number of nitrogens with zero attached hydrogens (tertiary/aromatic N) is 3. The Bertz CT molecular complexity index is 1350. The summed E-state index contributed by atoms with van der Waals surface area (Å²) in [7, 11) is -0.517. The van der Waals surface area contributed by atoms with Gasteiger partial charge in [0, 0.05) is 25.7 Å². The first-order valence-corrected chi connectivity index (χ1v) is 12.3. The smallest absolute Gasteiger partial charge is 0.262 e. The first-order chi connectivity index (χ1) is 15.7. The molecule has 0 amide bonds. The number of hydrogen-bond donors (Lipinski definition) is 2. The normalized spacial score (nSPS) is 15.6. The van der Waals surface area contributed by atoms with Gasteiger partial charge < -0.3 is 15.0 Å². The number of para-hydroxylation sites is 1. The number of ether oxygens (including phenoxy) is 1. The van der Waals surface area contributed by atoms with Gasteiger partial charge in [0.1, 0.15) is 4.90 Å². The van der Waals surface area contributed by atoms with Crippen LogP contribution in [0.2, 0.25) is 0 Å². The monoisotopic (exact) mass is 471 g/mol. The number of anilines is 2. The van der Waals surface area contributed by atoms with Crippen molar-refractivity contribution in [3.05, 3.63) is 57.9 Å². The second-order valence-corrected chi connectivity index (χ2v) is 10.1. The molecule has 1 aliphatic heterocycles. The molecule has 0 bridgehead atoms. The summed E-state index contributed by atoms with van der Waals surface area (Å²) in [5, 5.41) is 3.85. The van der Waals surface area contributed by atoms with Crippen molar-refractivity contribution in [2.24, 2.45) is 7.05 Å². The van der Waals surface area contributed by atoms with Crippen LogP contribution < -0.4 is 20.5 Å². The van der Waals surface area contributed by atoms with Gasteiger partial charge in [-0.3, -0.25) is 9.36 Å². The van der Waals surface area contributed by atoms with Gasteiger partial charge in [0.15, 0.2) is 0 Å². The van der Waals surface area contributed by atoms with Crippen molar-refractivity contribution in [1.29, 1.82) is 0 Å². The van der Waals surface area contributed by atoms with Crippen LogP contribution in [0.5, 0.6) is 0 Å². The van der Waals surface area contributed by atoms with Crippen molar-refractivity contribution >= 4 is 32.6 Å². The Kier molecular flexibility index (Phi) is 6.42. The van der Waals surface area contributed by atoms with Crippen LogP contribution in [0.25, 0.3) is 10.9 Å². The van der Waals surface area contributed by atoms with Crippen LogP contribution in [0, 0.1) is 6.92 Å². The molecule has 1 atom stereocenters. The van der Waals surface area contributed by atoms with Gasteiger partial charge in [-0.2, -0.15) is 0 Å². The lowest BCUT2D eigenvalue weighted by molar-refractivity contribution is 0.121. The lowest BCUT2D eigenvalue weighted by Crippen LogP contribution is -2.40. The van der Waals surface area contributed by atoms with Gasteiger partial charge in [0.25, 0.3) is 5.56 Å². The molecule has 176 valence electrons. The van der Waals surface area contributed by atoms with Crippen molar-refractivity contribution in [3.8, 4) is 0 Å². The maximum atomic E-state index is 13.3. The summed E-state index contributed by atoms with van der Waals surface area (Å²) in [6.07, 6.45) is 0. The highest BCUT2D eigenvalue weighted by atomic mass is 32.2. The standard InChI is InChI=1S/C23H29N5O4S/c1-15-13-17(16(2)25-19-7-5-6-8-20(19)33(30,31)24-3)21-18(14-15)22(29)27(4)23(26-21)28-9-11-32-12-10-28/h5-8,13-14,16,24-25H,9-12H2,1-4H3/t16-/m1/s1. The van der Waals surface area contributed by atoms with E-state index in [4.69, 9.17) is 9.72 Å². The quantitative estimate of drug-likeness (QED) is 0.568. The molecule has 2 aromatic carbocycles. The zero-order chi connectivity index (χ0) is 23.8. The summed E-state index contributed by atoms with van der Waals surface area (Å²) in [6, 6.07) is 10.3. The van der Waals surface area contributed by atoms with E-state index >= 15 is 0 Å². The van der Waals surface area contributed by atoms with Crippen LogP contribution >= 0.6 is 0 Å². The molecule has 10 heteroatoms. The highest BCUT2D eigenvalue weighted by Crippen LogP contribution is 2.30. The summed E-state index contributed by atoms with van der Waals surface area (Å²) >= 11 is 0. The van der Waals surface area contributed by atoms with E-state index in [1.54, 1.807) is 35.9 Å². The van der Waals surface area contributed by atoms with Crippen LogP contribution in [0.4, 0.5) is 11.6 Å². The van der Waals surface area contributed by atoms with Crippen LogP contribution in [-0.4, -0.2) is 51.3 Å². The summed E-state index contributed by atoms with van der Waals surface area (Å²) in [4.78, 5) is 20.4. The van der Waals surface area contributed by atoms with E-state index in [0.717, 1.165) is 11.1 Å². The maximum absolute atomic E-state index is 13.3. The summed E-state index contributed by atoms with van der Waals surface area (Å²) in [5.41, 5.74) is 2.73. The molecular weight excluding hydrogens is 442 g/mol. The van der Waals surface area contributed by atoms with Crippen LogP contribution in [0.1, 0.15) is 24.1 Å². The first kappa shape index (κ1) is 23.2. The topological polar surface area (TPSA) is 106 Å². The number of aromatic nitrogens is 2. The average molecular weight is 472 g/mol. The molecule has 2 heterocycles. The number of aryl methyl sites for hydroxylation is 1. The van der Waals surface area contributed by atoms with Gasteiger partial charge in [-0.05, 0) is 44.7 Å². The molecule has 2 N–H and O–H groups in total. The zero-order valence-corrected chi connectivity index (χ0v) is 20.1. The highest BCUT2D eigenvalue weighted by Gasteiger charge is 2.22. The number of nitrogens with one attached hydrogen (secondary N) is 2. The number of hydrogen-bond acceptors (Lipinski definition) is 7. The van der Waals surface area contributed by atoms with Gasteiger partial charge in [0.2, 0.25) is 16.0 Å². The predicted octanol–water partition coefficient (Wildman–Crippen LogP) is 2.16.